The highest BCUT2D eigenvalue weighted by atomic mass is 16.3. The quantitative estimate of drug-likeness (QED) is 0.809. The van der Waals surface area contributed by atoms with E-state index in [0.29, 0.717) is 18.7 Å². The van der Waals surface area contributed by atoms with Gasteiger partial charge in [0.1, 0.15) is 11.5 Å². The Hall–Kier alpha value is -2.53. The van der Waals surface area contributed by atoms with Crippen molar-refractivity contribution in [2.24, 2.45) is 0 Å². The van der Waals surface area contributed by atoms with E-state index >= 15 is 0 Å². The largest absolute Gasteiger partial charge is 0.508 e. The van der Waals surface area contributed by atoms with E-state index in [2.05, 4.69) is 23.1 Å². The van der Waals surface area contributed by atoms with E-state index in [9.17, 15) is 15.0 Å². The molecule has 154 valence electrons. The van der Waals surface area contributed by atoms with Crippen molar-refractivity contribution in [1.29, 1.82) is 0 Å². The number of benzene rings is 2. The first-order chi connectivity index (χ1) is 13.9. The van der Waals surface area contributed by atoms with Gasteiger partial charge in [-0.05, 0) is 60.2 Å². The molecule has 1 fully saturated rings. The summed E-state index contributed by atoms with van der Waals surface area (Å²) < 4.78 is 0. The molecule has 1 saturated heterocycles. The smallest absolute Gasteiger partial charge is 0.258 e. The average molecular weight is 395 g/mol. The number of phenols is 2. The number of nitrogens with zero attached hydrogens (tertiary/aromatic N) is 2. The van der Waals surface area contributed by atoms with Gasteiger partial charge in [-0.15, -0.1) is 0 Å². The van der Waals surface area contributed by atoms with E-state index in [1.807, 2.05) is 13.8 Å². The molecular weight excluding hydrogens is 364 g/mol. The third-order valence-corrected chi connectivity index (χ3v) is 6.13. The van der Waals surface area contributed by atoms with Crippen LogP contribution in [0.15, 0.2) is 30.3 Å². The summed E-state index contributed by atoms with van der Waals surface area (Å²) in [6.45, 7) is 8.32. The normalized spacial score (nSPS) is 17.0. The first-order valence-electron chi connectivity index (χ1n) is 10.6. The molecule has 0 bridgehead atoms. The average Bonchev–Trinajstić information content (AvgIpc) is 3.11. The van der Waals surface area contributed by atoms with Crippen LogP contribution in [0.2, 0.25) is 0 Å². The number of likely N-dealkylation sites (tertiary alicyclic amines) is 1. The Morgan fingerprint density at radius 3 is 2.41 bits per heavy atom. The van der Waals surface area contributed by atoms with Gasteiger partial charge in [0.2, 0.25) is 0 Å². The molecule has 2 aromatic rings. The van der Waals surface area contributed by atoms with Crippen LogP contribution in [-0.2, 0) is 19.6 Å². The van der Waals surface area contributed by atoms with E-state index in [0.717, 1.165) is 6.54 Å². The first kappa shape index (κ1) is 19.8. The highest BCUT2D eigenvalue weighted by molar-refractivity contribution is 5.97. The van der Waals surface area contributed by atoms with Crippen molar-refractivity contribution in [2.75, 3.05) is 13.1 Å². The molecule has 5 nitrogen and oxygen atoms in total. The minimum absolute atomic E-state index is 0.0288. The van der Waals surface area contributed by atoms with Crippen molar-refractivity contribution in [3.05, 3.63) is 58.1 Å². The molecule has 2 aliphatic rings. The molecule has 5 heteroatoms. The molecule has 4 rings (SSSR count). The molecule has 2 heterocycles. The fraction of sp³-hybridized carbons (Fsp3) is 0.458. The number of hydrogen-bond donors (Lipinski definition) is 2. The van der Waals surface area contributed by atoms with Gasteiger partial charge in [-0.2, -0.15) is 0 Å². The molecule has 0 saturated carbocycles. The summed E-state index contributed by atoms with van der Waals surface area (Å²) >= 11 is 0. The Morgan fingerprint density at radius 2 is 1.69 bits per heavy atom. The Labute approximate surface area is 172 Å². The number of aromatic hydroxyl groups is 2. The molecule has 0 spiro atoms. The molecule has 0 aromatic heterocycles. The summed E-state index contributed by atoms with van der Waals surface area (Å²) in [6, 6.07) is 9.45. The lowest BCUT2D eigenvalue weighted by molar-refractivity contribution is 0.0748. The van der Waals surface area contributed by atoms with E-state index in [1.165, 1.54) is 55.1 Å². The Kier molecular flexibility index (Phi) is 5.50. The van der Waals surface area contributed by atoms with E-state index in [-0.39, 0.29) is 28.9 Å². The summed E-state index contributed by atoms with van der Waals surface area (Å²) in [5.41, 5.74) is 4.59. The molecule has 1 amide bonds. The Morgan fingerprint density at radius 1 is 0.966 bits per heavy atom. The lowest BCUT2D eigenvalue weighted by Crippen LogP contribution is -2.29. The molecule has 2 aromatic carbocycles. The van der Waals surface area contributed by atoms with Crippen LogP contribution in [-0.4, -0.2) is 39.0 Å². The van der Waals surface area contributed by atoms with Gasteiger partial charge in [-0.3, -0.25) is 9.69 Å². The highest BCUT2D eigenvalue weighted by Crippen LogP contribution is 2.34. The van der Waals surface area contributed by atoms with Crippen molar-refractivity contribution < 1.29 is 15.0 Å². The fourth-order valence-corrected chi connectivity index (χ4v) is 4.46. The van der Waals surface area contributed by atoms with Gasteiger partial charge in [0, 0.05) is 25.7 Å². The van der Waals surface area contributed by atoms with Crippen LogP contribution >= 0.6 is 0 Å². The minimum Gasteiger partial charge on any atom is -0.508 e. The van der Waals surface area contributed by atoms with E-state index in [1.54, 1.807) is 11.0 Å². The maximum Gasteiger partial charge on any atom is 0.258 e. The summed E-state index contributed by atoms with van der Waals surface area (Å²) in [5, 5.41) is 20.3. The second kappa shape index (κ2) is 8.07. The third-order valence-electron chi connectivity index (χ3n) is 6.13. The van der Waals surface area contributed by atoms with Gasteiger partial charge in [0.25, 0.3) is 5.91 Å². The van der Waals surface area contributed by atoms with Crippen LogP contribution < -0.4 is 0 Å². The number of carbonyl (C=O) groups is 1. The number of fused-ring (bicyclic) bond motifs is 1. The minimum atomic E-state index is -0.196. The van der Waals surface area contributed by atoms with Crippen molar-refractivity contribution in [3.63, 3.8) is 0 Å². The van der Waals surface area contributed by atoms with Gasteiger partial charge in [-0.25, -0.2) is 0 Å². The van der Waals surface area contributed by atoms with Gasteiger partial charge < -0.3 is 15.1 Å². The van der Waals surface area contributed by atoms with E-state index < -0.39 is 0 Å². The number of phenolic OH excluding ortho intramolecular Hbond substituents is 2. The maximum atomic E-state index is 13.1. The monoisotopic (exact) mass is 394 g/mol. The number of amides is 1. The summed E-state index contributed by atoms with van der Waals surface area (Å²) in [6.07, 6.45) is 3.89. The second-order valence-corrected chi connectivity index (χ2v) is 8.68. The predicted molar refractivity (Wildman–Crippen MR) is 113 cm³/mol. The Bertz CT molecular complexity index is 917. The first-order valence-corrected chi connectivity index (χ1v) is 10.6. The van der Waals surface area contributed by atoms with Crippen LogP contribution in [0.25, 0.3) is 0 Å². The number of piperidine rings is 1. The Balaban J connectivity index is 1.50. The van der Waals surface area contributed by atoms with Crippen LogP contribution in [0.3, 0.4) is 0 Å². The van der Waals surface area contributed by atoms with E-state index in [4.69, 9.17) is 0 Å². The molecule has 29 heavy (non-hydrogen) atoms. The predicted octanol–water partition coefficient (Wildman–Crippen LogP) is 4.36. The summed E-state index contributed by atoms with van der Waals surface area (Å²) in [4.78, 5) is 17.4. The third kappa shape index (κ3) is 4.10. The van der Waals surface area contributed by atoms with Gasteiger partial charge in [0.15, 0.2) is 0 Å². The van der Waals surface area contributed by atoms with Crippen molar-refractivity contribution >= 4 is 5.91 Å². The van der Waals surface area contributed by atoms with Crippen LogP contribution in [0, 0.1) is 0 Å². The molecule has 0 unspecified atom stereocenters. The zero-order valence-electron chi connectivity index (χ0n) is 17.3. The molecular formula is C24H30N2O3. The summed E-state index contributed by atoms with van der Waals surface area (Å²) in [7, 11) is 0. The maximum absolute atomic E-state index is 13.1. The fourth-order valence-electron chi connectivity index (χ4n) is 4.46. The second-order valence-electron chi connectivity index (χ2n) is 8.68. The number of rotatable bonds is 4. The van der Waals surface area contributed by atoms with Crippen LogP contribution in [0.1, 0.15) is 71.6 Å². The van der Waals surface area contributed by atoms with Crippen LogP contribution in [0.4, 0.5) is 0 Å². The zero-order valence-corrected chi connectivity index (χ0v) is 17.3. The molecule has 2 aliphatic heterocycles. The van der Waals surface area contributed by atoms with Crippen molar-refractivity contribution in [2.45, 2.75) is 58.7 Å². The SMILES string of the molecule is CC(C)c1cc(C(=O)N2Cc3ccc(CN4CCCCC4)cc3C2)c(O)cc1O. The standard InChI is InChI=1S/C24H30N2O3/c1-16(2)20-11-21(23(28)12-22(20)27)24(29)26-14-18-7-6-17(10-19(18)15-26)13-25-8-4-3-5-9-25/h6-7,10-12,16,27-28H,3-5,8-9,13-15H2,1-2H3. The van der Waals surface area contributed by atoms with Gasteiger partial charge >= 0.3 is 0 Å². The lowest BCUT2D eigenvalue weighted by atomic mass is 9.98. The number of hydrogen-bond acceptors (Lipinski definition) is 4. The number of carbonyl (C=O) groups excluding carboxylic acids is 1. The lowest BCUT2D eigenvalue weighted by Gasteiger charge is -2.26. The van der Waals surface area contributed by atoms with Crippen molar-refractivity contribution in [3.8, 4) is 11.5 Å². The summed E-state index contributed by atoms with van der Waals surface area (Å²) in [5.74, 6) is -0.270. The molecule has 2 N–H and O–H groups in total. The van der Waals surface area contributed by atoms with Crippen LogP contribution in [0.5, 0.6) is 11.5 Å². The topological polar surface area (TPSA) is 64.0 Å². The van der Waals surface area contributed by atoms with Gasteiger partial charge in [0.05, 0.1) is 5.56 Å². The highest BCUT2D eigenvalue weighted by Gasteiger charge is 2.27. The van der Waals surface area contributed by atoms with Crippen molar-refractivity contribution in [1.82, 2.24) is 9.80 Å². The molecule has 0 radical (unpaired) electrons. The molecule has 0 aliphatic carbocycles. The zero-order chi connectivity index (χ0) is 20.5. The molecule has 0 atom stereocenters. The van der Waals surface area contributed by atoms with Gasteiger partial charge in [-0.1, -0.05) is 38.5 Å².